The van der Waals surface area contributed by atoms with Gasteiger partial charge in [0.25, 0.3) is 0 Å². The van der Waals surface area contributed by atoms with E-state index in [1.807, 2.05) is 43.5 Å². The maximum Gasteiger partial charge on any atom is 0.197 e. The van der Waals surface area contributed by atoms with Crippen molar-refractivity contribution in [2.24, 2.45) is 0 Å². The molecular weight excluding hydrogens is 266 g/mol. The molecule has 2 heterocycles. The SMILES string of the molecule is CCc1cc(Oc2cccc(OC)c2)c2nc(C)cn2n1. The molecule has 3 aromatic rings. The van der Waals surface area contributed by atoms with Crippen molar-refractivity contribution in [1.82, 2.24) is 14.6 Å². The van der Waals surface area contributed by atoms with Crippen molar-refractivity contribution >= 4 is 5.65 Å². The summed E-state index contributed by atoms with van der Waals surface area (Å²) in [6.45, 7) is 4.00. The summed E-state index contributed by atoms with van der Waals surface area (Å²) < 4.78 is 13.0. The molecule has 0 N–H and O–H groups in total. The van der Waals surface area contributed by atoms with E-state index < -0.39 is 0 Å². The minimum atomic E-state index is 0.697. The van der Waals surface area contributed by atoms with Crippen molar-refractivity contribution in [3.8, 4) is 17.2 Å². The molecule has 3 rings (SSSR count). The van der Waals surface area contributed by atoms with E-state index in [0.29, 0.717) is 17.1 Å². The first-order valence-corrected chi connectivity index (χ1v) is 6.87. The molecule has 21 heavy (non-hydrogen) atoms. The average molecular weight is 283 g/mol. The molecule has 0 aliphatic heterocycles. The third-order valence-corrected chi connectivity index (χ3v) is 3.19. The van der Waals surface area contributed by atoms with Gasteiger partial charge in [0.15, 0.2) is 11.4 Å². The Balaban J connectivity index is 2.05. The molecule has 0 saturated carbocycles. The second-order valence-electron chi connectivity index (χ2n) is 4.78. The number of aryl methyl sites for hydroxylation is 2. The smallest absolute Gasteiger partial charge is 0.197 e. The van der Waals surface area contributed by atoms with Crippen molar-refractivity contribution < 1.29 is 9.47 Å². The van der Waals surface area contributed by atoms with Crippen LogP contribution in [0.4, 0.5) is 0 Å². The molecule has 0 bridgehead atoms. The minimum Gasteiger partial charge on any atom is -0.497 e. The average Bonchev–Trinajstić information content (AvgIpc) is 2.88. The van der Waals surface area contributed by atoms with E-state index >= 15 is 0 Å². The molecule has 0 fully saturated rings. The third-order valence-electron chi connectivity index (χ3n) is 3.19. The quantitative estimate of drug-likeness (QED) is 0.736. The van der Waals surface area contributed by atoms with Crippen molar-refractivity contribution in [1.29, 1.82) is 0 Å². The Hall–Kier alpha value is -2.56. The highest BCUT2D eigenvalue weighted by Crippen LogP contribution is 2.28. The first-order chi connectivity index (χ1) is 10.2. The standard InChI is InChI=1S/C16H17N3O2/c1-4-12-8-15(16-17-11(2)10-19(16)18-12)21-14-7-5-6-13(9-14)20-3/h5-10H,4H2,1-3H3. The summed E-state index contributed by atoms with van der Waals surface area (Å²) in [5.74, 6) is 2.17. The highest BCUT2D eigenvalue weighted by Gasteiger charge is 2.10. The van der Waals surface area contributed by atoms with Crippen LogP contribution in [0.15, 0.2) is 36.5 Å². The summed E-state index contributed by atoms with van der Waals surface area (Å²) in [6.07, 6.45) is 2.73. The van der Waals surface area contributed by atoms with Gasteiger partial charge in [-0.15, -0.1) is 0 Å². The Morgan fingerprint density at radius 2 is 2.00 bits per heavy atom. The summed E-state index contributed by atoms with van der Waals surface area (Å²) in [4.78, 5) is 4.47. The Labute approximate surface area is 123 Å². The molecule has 1 aromatic carbocycles. The topological polar surface area (TPSA) is 48.7 Å². The Morgan fingerprint density at radius 1 is 1.19 bits per heavy atom. The molecule has 0 aliphatic carbocycles. The van der Waals surface area contributed by atoms with Gasteiger partial charge in [-0.1, -0.05) is 13.0 Å². The van der Waals surface area contributed by atoms with E-state index in [0.717, 1.165) is 23.6 Å². The minimum absolute atomic E-state index is 0.697. The van der Waals surface area contributed by atoms with Gasteiger partial charge in [0, 0.05) is 12.1 Å². The van der Waals surface area contributed by atoms with Gasteiger partial charge in [0.1, 0.15) is 11.5 Å². The molecule has 0 unspecified atom stereocenters. The molecule has 0 spiro atoms. The van der Waals surface area contributed by atoms with Gasteiger partial charge in [-0.3, -0.25) is 0 Å². The Bertz CT molecular complexity index is 780. The first kappa shape index (κ1) is 13.4. The van der Waals surface area contributed by atoms with Gasteiger partial charge in [0.05, 0.1) is 24.7 Å². The number of aromatic nitrogens is 3. The number of hydrogen-bond donors (Lipinski definition) is 0. The fraction of sp³-hybridized carbons (Fsp3) is 0.250. The van der Waals surface area contributed by atoms with Gasteiger partial charge in [-0.05, 0) is 25.5 Å². The highest BCUT2D eigenvalue weighted by atomic mass is 16.5. The number of hydrogen-bond acceptors (Lipinski definition) is 4. The van der Waals surface area contributed by atoms with E-state index in [1.165, 1.54) is 0 Å². The monoisotopic (exact) mass is 283 g/mol. The lowest BCUT2D eigenvalue weighted by molar-refractivity contribution is 0.409. The molecule has 0 aliphatic rings. The van der Waals surface area contributed by atoms with Crippen LogP contribution in [0.25, 0.3) is 5.65 Å². The van der Waals surface area contributed by atoms with Gasteiger partial charge >= 0.3 is 0 Å². The molecule has 0 radical (unpaired) electrons. The number of imidazole rings is 1. The van der Waals surface area contributed by atoms with Crippen LogP contribution in [0.5, 0.6) is 17.2 Å². The fourth-order valence-electron chi connectivity index (χ4n) is 2.15. The summed E-state index contributed by atoms with van der Waals surface area (Å²) >= 11 is 0. The summed E-state index contributed by atoms with van der Waals surface area (Å²) in [6, 6.07) is 9.44. The lowest BCUT2D eigenvalue weighted by atomic mass is 10.3. The molecule has 108 valence electrons. The summed E-state index contributed by atoms with van der Waals surface area (Å²) in [5, 5.41) is 4.50. The molecule has 0 saturated heterocycles. The van der Waals surface area contributed by atoms with Crippen LogP contribution in [0.3, 0.4) is 0 Å². The first-order valence-electron chi connectivity index (χ1n) is 6.87. The highest BCUT2D eigenvalue weighted by molar-refractivity contribution is 5.55. The van der Waals surface area contributed by atoms with E-state index in [9.17, 15) is 0 Å². The number of methoxy groups -OCH3 is 1. The van der Waals surface area contributed by atoms with E-state index in [2.05, 4.69) is 17.0 Å². The van der Waals surface area contributed by atoms with Crippen molar-refractivity contribution in [2.75, 3.05) is 7.11 Å². The van der Waals surface area contributed by atoms with Gasteiger partial charge < -0.3 is 9.47 Å². The number of fused-ring (bicyclic) bond motifs is 1. The largest absolute Gasteiger partial charge is 0.497 e. The molecular formula is C16H17N3O2. The van der Waals surface area contributed by atoms with Crippen LogP contribution in [-0.2, 0) is 6.42 Å². The molecule has 2 aromatic heterocycles. The predicted octanol–water partition coefficient (Wildman–Crippen LogP) is 3.40. The van der Waals surface area contributed by atoms with Crippen LogP contribution in [-0.4, -0.2) is 21.7 Å². The van der Waals surface area contributed by atoms with E-state index in [1.54, 1.807) is 11.6 Å². The van der Waals surface area contributed by atoms with Gasteiger partial charge in [-0.25, -0.2) is 9.50 Å². The van der Waals surface area contributed by atoms with Crippen LogP contribution >= 0.6 is 0 Å². The third kappa shape index (κ3) is 2.67. The van der Waals surface area contributed by atoms with Crippen molar-refractivity contribution in [3.63, 3.8) is 0 Å². The lowest BCUT2D eigenvalue weighted by Crippen LogP contribution is -1.99. The number of benzene rings is 1. The lowest BCUT2D eigenvalue weighted by Gasteiger charge is -2.09. The van der Waals surface area contributed by atoms with Gasteiger partial charge in [0.2, 0.25) is 0 Å². The Morgan fingerprint density at radius 3 is 2.76 bits per heavy atom. The normalized spacial score (nSPS) is 10.8. The molecule has 5 heteroatoms. The number of nitrogens with zero attached hydrogens (tertiary/aromatic N) is 3. The number of ether oxygens (including phenoxy) is 2. The zero-order valence-corrected chi connectivity index (χ0v) is 12.3. The van der Waals surface area contributed by atoms with E-state index in [-0.39, 0.29) is 0 Å². The maximum atomic E-state index is 5.99. The summed E-state index contributed by atoms with van der Waals surface area (Å²) in [7, 11) is 1.64. The predicted molar refractivity (Wildman–Crippen MR) is 80.2 cm³/mol. The van der Waals surface area contributed by atoms with E-state index in [4.69, 9.17) is 9.47 Å². The fourth-order valence-corrected chi connectivity index (χ4v) is 2.15. The zero-order valence-electron chi connectivity index (χ0n) is 12.3. The second-order valence-corrected chi connectivity index (χ2v) is 4.78. The second kappa shape index (κ2) is 5.44. The van der Waals surface area contributed by atoms with Crippen LogP contribution in [0.1, 0.15) is 18.3 Å². The van der Waals surface area contributed by atoms with Crippen LogP contribution < -0.4 is 9.47 Å². The van der Waals surface area contributed by atoms with Crippen molar-refractivity contribution in [3.05, 3.63) is 47.9 Å². The Kier molecular flexibility index (Phi) is 3.48. The molecule has 5 nitrogen and oxygen atoms in total. The molecule has 0 amide bonds. The van der Waals surface area contributed by atoms with Gasteiger partial charge in [-0.2, -0.15) is 5.10 Å². The van der Waals surface area contributed by atoms with Crippen LogP contribution in [0, 0.1) is 6.92 Å². The van der Waals surface area contributed by atoms with Crippen LogP contribution in [0.2, 0.25) is 0 Å². The summed E-state index contributed by atoms with van der Waals surface area (Å²) in [5.41, 5.74) is 2.58. The maximum absolute atomic E-state index is 5.99. The van der Waals surface area contributed by atoms with Crippen molar-refractivity contribution in [2.45, 2.75) is 20.3 Å². The zero-order chi connectivity index (χ0) is 14.8. The molecule has 0 atom stereocenters. The number of rotatable bonds is 4.